The predicted octanol–water partition coefficient (Wildman–Crippen LogP) is 2.25. The van der Waals surface area contributed by atoms with Crippen molar-refractivity contribution in [3.8, 4) is 0 Å². The molecule has 0 amide bonds. The van der Waals surface area contributed by atoms with Crippen LogP contribution in [0.2, 0.25) is 5.02 Å². The van der Waals surface area contributed by atoms with E-state index in [-0.39, 0.29) is 0 Å². The molecular weight excluding hydrogens is 306 g/mol. The molecule has 0 bridgehead atoms. The Hall–Kier alpha value is -1.40. The number of pyridine rings is 1. The van der Waals surface area contributed by atoms with Crippen LogP contribution in [0.5, 0.6) is 0 Å². The molecule has 0 saturated heterocycles. The first-order chi connectivity index (χ1) is 10.1. The molecule has 0 fully saturated rings. The Kier molecular flexibility index (Phi) is 8.69. The highest BCUT2D eigenvalue weighted by Crippen LogP contribution is 2.11. The van der Waals surface area contributed by atoms with E-state index in [1.165, 1.54) is 6.42 Å². The van der Waals surface area contributed by atoms with Gasteiger partial charge in [-0.25, -0.2) is 0 Å². The average Bonchev–Trinajstić information content (AvgIpc) is 2.45. The molecule has 0 aliphatic carbocycles. The number of nitrogens with two attached hydrogens (primary N) is 1. The fourth-order valence-electron chi connectivity index (χ4n) is 1.66. The molecule has 0 aliphatic heterocycles. The summed E-state index contributed by atoms with van der Waals surface area (Å²) < 4.78 is 0. The van der Waals surface area contributed by atoms with Gasteiger partial charge in [-0.3, -0.25) is 9.98 Å². The molecule has 0 radical (unpaired) electrons. The van der Waals surface area contributed by atoms with Crippen molar-refractivity contribution >= 4 is 34.9 Å². The van der Waals surface area contributed by atoms with Gasteiger partial charge < -0.3 is 16.4 Å². The highest BCUT2D eigenvalue weighted by atomic mass is 35.5. The lowest BCUT2D eigenvalue weighted by Gasteiger charge is -2.10. The van der Waals surface area contributed by atoms with Crippen LogP contribution in [-0.4, -0.2) is 29.1 Å². The van der Waals surface area contributed by atoms with Gasteiger partial charge in [-0.1, -0.05) is 31.4 Å². The highest BCUT2D eigenvalue weighted by molar-refractivity contribution is 7.80. The molecule has 0 atom stereocenters. The Labute approximate surface area is 136 Å². The van der Waals surface area contributed by atoms with E-state index in [0.717, 1.165) is 25.1 Å². The van der Waals surface area contributed by atoms with Gasteiger partial charge in [0.25, 0.3) is 0 Å². The zero-order valence-corrected chi connectivity index (χ0v) is 13.8. The van der Waals surface area contributed by atoms with Crippen molar-refractivity contribution in [3.05, 3.63) is 29.0 Å². The number of thiocarbonyl (C=S) groups is 1. The second-order valence-electron chi connectivity index (χ2n) is 4.54. The third kappa shape index (κ3) is 7.82. The number of aromatic nitrogens is 1. The van der Waals surface area contributed by atoms with Gasteiger partial charge in [0.15, 0.2) is 11.1 Å². The zero-order chi connectivity index (χ0) is 15.5. The molecule has 116 valence electrons. The van der Waals surface area contributed by atoms with Crippen LogP contribution in [0.3, 0.4) is 0 Å². The van der Waals surface area contributed by atoms with Crippen molar-refractivity contribution in [1.29, 1.82) is 0 Å². The van der Waals surface area contributed by atoms with E-state index >= 15 is 0 Å². The molecule has 21 heavy (non-hydrogen) atoms. The van der Waals surface area contributed by atoms with E-state index < -0.39 is 0 Å². The molecule has 5 nitrogen and oxygen atoms in total. The first-order valence-corrected chi connectivity index (χ1v) is 7.86. The molecule has 7 heteroatoms. The van der Waals surface area contributed by atoms with Gasteiger partial charge in [0.1, 0.15) is 0 Å². The summed E-state index contributed by atoms with van der Waals surface area (Å²) in [6, 6.07) is 3.63. The van der Waals surface area contributed by atoms with E-state index in [4.69, 9.17) is 29.6 Å². The summed E-state index contributed by atoms with van der Waals surface area (Å²) in [7, 11) is 0. The van der Waals surface area contributed by atoms with Crippen LogP contribution in [0, 0.1) is 0 Å². The van der Waals surface area contributed by atoms with E-state index in [1.807, 2.05) is 6.07 Å². The van der Waals surface area contributed by atoms with Crippen LogP contribution in [0.4, 0.5) is 0 Å². The summed E-state index contributed by atoms with van der Waals surface area (Å²) in [5.74, 6) is 0.347. The maximum Gasteiger partial charge on any atom is 0.194 e. The third-order valence-electron chi connectivity index (χ3n) is 2.77. The van der Waals surface area contributed by atoms with Crippen molar-refractivity contribution in [1.82, 2.24) is 15.6 Å². The average molecular weight is 328 g/mol. The molecule has 1 aromatic heterocycles. The molecule has 0 spiro atoms. The van der Waals surface area contributed by atoms with Crippen LogP contribution in [0.1, 0.15) is 31.9 Å². The van der Waals surface area contributed by atoms with Crippen LogP contribution >= 0.6 is 23.8 Å². The van der Waals surface area contributed by atoms with Gasteiger partial charge in [-0.05, 0) is 30.8 Å². The number of hydrogen-bond acceptors (Lipinski definition) is 3. The minimum absolute atomic E-state index is 0.347. The van der Waals surface area contributed by atoms with Crippen LogP contribution < -0.4 is 16.4 Å². The maximum atomic E-state index is 6.03. The Morgan fingerprint density at radius 3 is 3.00 bits per heavy atom. The molecule has 1 rings (SSSR count). The number of guanidine groups is 1. The maximum absolute atomic E-state index is 6.03. The fourth-order valence-corrected chi connectivity index (χ4v) is 2.08. The lowest BCUT2D eigenvalue weighted by Crippen LogP contribution is -2.43. The Bertz CT molecular complexity index is 478. The number of unbranched alkanes of at least 4 members (excludes halogenated alkanes) is 2. The quantitative estimate of drug-likeness (QED) is 0.310. The molecule has 0 aromatic carbocycles. The summed E-state index contributed by atoms with van der Waals surface area (Å²) in [5, 5.41) is 7.02. The van der Waals surface area contributed by atoms with Gasteiger partial charge in [0.2, 0.25) is 0 Å². The normalized spacial score (nSPS) is 11.2. The standard InChI is InChI=1S/C14H22ClN5S/c1-2-3-4-8-18-13(16)20-14(21)19-10-7-12-11(15)6-5-9-17-12/h5-6,9H,2-4,7-8,10H2,1H3,(H4,16,18,19,20,21). The minimum Gasteiger partial charge on any atom is -0.370 e. The smallest absolute Gasteiger partial charge is 0.194 e. The Morgan fingerprint density at radius 2 is 2.29 bits per heavy atom. The summed E-state index contributed by atoms with van der Waals surface area (Å²) in [4.78, 5) is 8.41. The largest absolute Gasteiger partial charge is 0.370 e. The third-order valence-corrected chi connectivity index (χ3v) is 3.36. The number of rotatable bonds is 7. The monoisotopic (exact) mass is 327 g/mol. The van der Waals surface area contributed by atoms with E-state index in [2.05, 4.69) is 27.5 Å². The SMILES string of the molecule is CCCCCN=C(N)NC(=S)NCCc1ncccc1Cl. The number of nitrogens with zero attached hydrogens (tertiary/aromatic N) is 2. The van der Waals surface area contributed by atoms with E-state index in [1.54, 1.807) is 12.3 Å². The topological polar surface area (TPSA) is 75.3 Å². The fraction of sp³-hybridized carbons (Fsp3) is 0.500. The summed E-state index contributed by atoms with van der Waals surface area (Å²) >= 11 is 11.2. The second-order valence-corrected chi connectivity index (χ2v) is 5.35. The summed E-state index contributed by atoms with van der Waals surface area (Å²) in [6.07, 6.45) is 5.77. The zero-order valence-electron chi connectivity index (χ0n) is 12.2. The molecule has 0 saturated carbocycles. The highest BCUT2D eigenvalue weighted by Gasteiger charge is 2.02. The number of halogens is 1. The first kappa shape index (κ1) is 17.7. The molecule has 0 aliphatic rings. The predicted molar refractivity (Wildman–Crippen MR) is 92.7 cm³/mol. The van der Waals surface area contributed by atoms with Crippen molar-refractivity contribution in [3.63, 3.8) is 0 Å². The van der Waals surface area contributed by atoms with Crippen LogP contribution in [0.15, 0.2) is 23.3 Å². The summed E-state index contributed by atoms with van der Waals surface area (Å²) in [5.41, 5.74) is 6.58. The summed E-state index contributed by atoms with van der Waals surface area (Å²) in [6.45, 7) is 3.50. The van der Waals surface area contributed by atoms with Crippen LogP contribution in [0.25, 0.3) is 0 Å². The molecule has 1 aromatic rings. The number of nitrogens with one attached hydrogen (secondary N) is 2. The van der Waals surface area contributed by atoms with Crippen molar-refractivity contribution in [2.45, 2.75) is 32.6 Å². The lowest BCUT2D eigenvalue weighted by molar-refractivity contribution is 0.726. The van der Waals surface area contributed by atoms with Gasteiger partial charge in [0.05, 0.1) is 10.7 Å². The Morgan fingerprint density at radius 1 is 1.48 bits per heavy atom. The van der Waals surface area contributed by atoms with E-state index in [0.29, 0.717) is 29.1 Å². The first-order valence-electron chi connectivity index (χ1n) is 7.07. The van der Waals surface area contributed by atoms with Gasteiger partial charge in [0, 0.05) is 25.7 Å². The van der Waals surface area contributed by atoms with E-state index in [9.17, 15) is 0 Å². The molecule has 0 unspecified atom stereocenters. The number of hydrogen-bond donors (Lipinski definition) is 3. The van der Waals surface area contributed by atoms with Gasteiger partial charge >= 0.3 is 0 Å². The van der Waals surface area contributed by atoms with Gasteiger partial charge in [-0.2, -0.15) is 0 Å². The van der Waals surface area contributed by atoms with Crippen molar-refractivity contribution in [2.24, 2.45) is 10.7 Å². The second kappa shape index (κ2) is 10.3. The molecule has 4 N–H and O–H groups in total. The van der Waals surface area contributed by atoms with Crippen LogP contribution in [-0.2, 0) is 6.42 Å². The van der Waals surface area contributed by atoms with Gasteiger partial charge in [-0.15, -0.1) is 0 Å². The molecule has 1 heterocycles. The lowest BCUT2D eigenvalue weighted by atomic mass is 10.2. The Balaban J connectivity index is 2.23. The number of aliphatic imine (C=N–C) groups is 1. The molecular formula is C14H22ClN5S. The van der Waals surface area contributed by atoms with Crippen molar-refractivity contribution < 1.29 is 0 Å². The van der Waals surface area contributed by atoms with Crippen molar-refractivity contribution in [2.75, 3.05) is 13.1 Å². The minimum atomic E-state index is 0.347.